The van der Waals surface area contributed by atoms with E-state index in [2.05, 4.69) is 30.3 Å². The van der Waals surface area contributed by atoms with Crippen molar-refractivity contribution in [2.75, 3.05) is 13.7 Å². The molecule has 0 amide bonds. The Morgan fingerprint density at radius 3 is 2.47 bits per heavy atom. The van der Waals surface area contributed by atoms with Crippen LogP contribution in [0.25, 0.3) is 0 Å². The fourth-order valence-electron chi connectivity index (χ4n) is 3.17. The van der Waals surface area contributed by atoms with Crippen molar-refractivity contribution in [1.82, 2.24) is 0 Å². The maximum atomic E-state index is 6.45. The molecular formula is C15H23NO. The lowest BCUT2D eigenvalue weighted by Gasteiger charge is -2.36. The van der Waals surface area contributed by atoms with Crippen LogP contribution in [0.5, 0.6) is 0 Å². The first kappa shape index (κ1) is 12.6. The molecule has 0 bridgehead atoms. The average Bonchev–Trinajstić information content (AvgIpc) is 2.87. The highest BCUT2D eigenvalue weighted by Gasteiger charge is 2.40. The predicted octanol–water partition coefficient (Wildman–Crippen LogP) is 2.86. The Morgan fingerprint density at radius 2 is 1.88 bits per heavy atom. The lowest BCUT2D eigenvalue weighted by molar-refractivity contribution is 0.172. The van der Waals surface area contributed by atoms with Crippen molar-refractivity contribution in [2.24, 2.45) is 5.73 Å². The second kappa shape index (κ2) is 5.65. The highest BCUT2D eigenvalue weighted by Crippen LogP contribution is 2.43. The number of hydrogen-bond acceptors (Lipinski definition) is 2. The van der Waals surface area contributed by atoms with Crippen molar-refractivity contribution in [3.05, 3.63) is 35.9 Å². The Kier molecular flexibility index (Phi) is 4.19. The summed E-state index contributed by atoms with van der Waals surface area (Å²) >= 11 is 0. The number of hydrogen-bond donors (Lipinski definition) is 1. The van der Waals surface area contributed by atoms with E-state index < -0.39 is 0 Å². The molecule has 1 atom stereocenters. The molecule has 2 nitrogen and oxygen atoms in total. The molecule has 2 heteroatoms. The molecule has 0 saturated heterocycles. The van der Waals surface area contributed by atoms with Gasteiger partial charge in [0.15, 0.2) is 0 Å². The van der Waals surface area contributed by atoms with E-state index in [1.54, 1.807) is 7.11 Å². The molecule has 1 fully saturated rings. The van der Waals surface area contributed by atoms with Crippen LogP contribution >= 0.6 is 0 Å². The number of benzene rings is 1. The van der Waals surface area contributed by atoms with Crippen LogP contribution in [0.1, 0.15) is 37.7 Å². The van der Waals surface area contributed by atoms with Gasteiger partial charge in [0.2, 0.25) is 0 Å². The van der Waals surface area contributed by atoms with Gasteiger partial charge in [-0.05, 0) is 24.8 Å². The lowest BCUT2D eigenvalue weighted by Crippen LogP contribution is -2.44. The monoisotopic (exact) mass is 233 g/mol. The summed E-state index contributed by atoms with van der Waals surface area (Å²) in [6.07, 6.45) is 6.00. The molecule has 94 valence electrons. The summed E-state index contributed by atoms with van der Waals surface area (Å²) in [5.74, 6) is 0. The minimum absolute atomic E-state index is 0.194. The van der Waals surface area contributed by atoms with Crippen LogP contribution in [0.3, 0.4) is 0 Å². The van der Waals surface area contributed by atoms with E-state index in [0.717, 1.165) is 13.0 Å². The lowest BCUT2D eigenvalue weighted by atomic mass is 9.72. The third kappa shape index (κ3) is 2.53. The summed E-state index contributed by atoms with van der Waals surface area (Å²) < 4.78 is 5.17. The van der Waals surface area contributed by atoms with E-state index >= 15 is 0 Å². The Balaban J connectivity index is 2.20. The van der Waals surface area contributed by atoms with E-state index in [0.29, 0.717) is 0 Å². The third-order valence-corrected chi connectivity index (χ3v) is 4.19. The minimum atomic E-state index is 0.194. The molecule has 0 radical (unpaired) electrons. The topological polar surface area (TPSA) is 35.2 Å². The zero-order valence-electron chi connectivity index (χ0n) is 10.7. The van der Waals surface area contributed by atoms with E-state index in [9.17, 15) is 0 Å². The van der Waals surface area contributed by atoms with Gasteiger partial charge in [0, 0.05) is 25.2 Å². The first-order valence-corrected chi connectivity index (χ1v) is 6.59. The van der Waals surface area contributed by atoms with Crippen molar-refractivity contribution >= 4 is 0 Å². The van der Waals surface area contributed by atoms with Crippen LogP contribution in [0.4, 0.5) is 0 Å². The van der Waals surface area contributed by atoms with Gasteiger partial charge < -0.3 is 10.5 Å². The number of nitrogens with two attached hydrogens (primary N) is 1. The van der Waals surface area contributed by atoms with Crippen LogP contribution < -0.4 is 5.73 Å². The van der Waals surface area contributed by atoms with Gasteiger partial charge in [-0.2, -0.15) is 0 Å². The van der Waals surface area contributed by atoms with Gasteiger partial charge in [-0.25, -0.2) is 0 Å². The summed E-state index contributed by atoms with van der Waals surface area (Å²) in [6, 6.07) is 11.0. The first-order chi connectivity index (χ1) is 8.29. The highest BCUT2D eigenvalue weighted by molar-refractivity contribution is 5.29. The minimum Gasteiger partial charge on any atom is -0.385 e. The third-order valence-electron chi connectivity index (χ3n) is 4.19. The number of ether oxygens (including phenoxy) is 1. The van der Waals surface area contributed by atoms with Crippen LogP contribution in [-0.2, 0) is 10.2 Å². The molecule has 1 aliphatic carbocycles. The summed E-state index contributed by atoms with van der Waals surface area (Å²) in [4.78, 5) is 0. The summed E-state index contributed by atoms with van der Waals surface area (Å²) in [5, 5.41) is 0. The molecule has 0 spiro atoms. The van der Waals surface area contributed by atoms with Gasteiger partial charge in [0.25, 0.3) is 0 Å². The Hall–Kier alpha value is -0.860. The zero-order chi connectivity index (χ0) is 12.1. The van der Waals surface area contributed by atoms with Crippen LogP contribution in [0, 0.1) is 0 Å². The molecule has 17 heavy (non-hydrogen) atoms. The maximum Gasteiger partial charge on any atom is 0.0477 e. The molecule has 1 aliphatic rings. The number of rotatable bonds is 5. The molecule has 1 aromatic rings. The first-order valence-electron chi connectivity index (χ1n) is 6.59. The van der Waals surface area contributed by atoms with Gasteiger partial charge in [-0.3, -0.25) is 0 Å². The van der Waals surface area contributed by atoms with Crippen LogP contribution in [-0.4, -0.2) is 19.8 Å². The Bertz CT molecular complexity index is 330. The smallest absolute Gasteiger partial charge is 0.0477 e. The van der Waals surface area contributed by atoms with Gasteiger partial charge in [-0.1, -0.05) is 43.2 Å². The van der Waals surface area contributed by atoms with Crippen molar-refractivity contribution in [3.8, 4) is 0 Å². The van der Waals surface area contributed by atoms with Gasteiger partial charge in [0.05, 0.1) is 0 Å². The molecule has 1 unspecified atom stereocenters. The molecule has 2 rings (SSSR count). The molecule has 2 N–H and O–H groups in total. The predicted molar refractivity (Wildman–Crippen MR) is 71.1 cm³/mol. The van der Waals surface area contributed by atoms with E-state index in [1.165, 1.54) is 31.2 Å². The summed E-state index contributed by atoms with van der Waals surface area (Å²) in [5.41, 5.74) is 8.06. The van der Waals surface area contributed by atoms with Gasteiger partial charge in [0.1, 0.15) is 0 Å². The average molecular weight is 233 g/mol. The van der Waals surface area contributed by atoms with Crippen molar-refractivity contribution in [3.63, 3.8) is 0 Å². The molecule has 1 saturated carbocycles. The van der Waals surface area contributed by atoms with Gasteiger partial charge >= 0.3 is 0 Å². The normalized spacial score (nSPS) is 20.4. The molecule has 1 aromatic carbocycles. The summed E-state index contributed by atoms with van der Waals surface area (Å²) in [6.45, 7) is 0.760. The molecular weight excluding hydrogens is 210 g/mol. The van der Waals surface area contributed by atoms with Crippen molar-refractivity contribution in [1.29, 1.82) is 0 Å². The second-order valence-electron chi connectivity index (χ2n) is 5.12. The van der Waals surface area contributed by atoms with Crippen LogP contribution in [0.15, 0.2) is 30.3 Å². The zero-order valence-corrected chi connectivity index (χ0v) is 10.7. The molecule has 0 heterocycles. The van der Waals surface area contributed by atoms with E-state index in [1.807, 2.05) is 0 Å². The Morgan fingerprint density at radius 1 is 1.24 bits per heavy atom. The van der Waals surface area contributed by atoms with Gasteiger partial charge in [-0.15, -0.1) is 0 Å². The van der Waals surface area contributed by atoms with E-state index in [4.69, 9.17) is 10.5 Å². The standard InChI is InChI=1S/C15H23NO/c1-17-12-9-14(16)15(10-5-6-11-15)13-7-3-2-4-8-13/h2-4,7-8,14H,5-6,9-12,16H2,1H3. The largest absolute Gasteiger partial charge is 0.385 e. The maximum absolute atomic E-state index is 6.45. The van der Waals surface area contributed by atoms with Crippen molar-refractivity contribution < 1.29 is 4.74 Å². The fraction of sp³-hybridized carbons (Fsp3) is 0.600. The fourth-order valence-corrected chi connectivity index (χ4v) is 3.17. The second-order valence-corrected chi connectivity index (χ2v) is 5.12. The van der Waals surface area contributed by atoms with Crippen molar-refractivity contribution in [2.45, 2.75) is 43.6 Å². The molecule has 0 aromatic heterocycles. The Labute approximate surface area is 104 Å². The summed E-state index contributed by atoms with van der Waals surface area (Å²) in [7, 11) is 1.75. The highest BCUT2D eigenvalue weighted by atomic mass is 16.5. The molecule has 0 aliphatic heterocycles. The number of methoxy groups -OCH3 is 1. The van der Waals surface area contributed by atoms with E-state index in [-0.39, 0.29) is 11.5 Å². The SMILES string of the molecule is COCCC(N)C1(c2ccccc2)CCCC1. The van der Waals surface area contributed by atoms with Crippen LogP contribution in [0.2, 0.25) is 0 Å². The quantitative estimate of drug-likeness (QED) is 0.848.